The molecule has 3 atom stereocenters. The van der Waals surface area contributed by atoms with Crippen LogP contribution < -0.4 is 5.32 Å². The van der Waals surface area contributed by atoms with E-state index in [1.807, 2.05) is 0 Å². The molecule has 0 radical (unpaired) electrons. The molecule has 4 heteroatoms. The van der Waals surface area contributed by atoms with Crippen molar-refractivity contribution in [3.8, 4) is 6.07 Å². The predicted molar refractivity (Wildman–Crippen MR) is 84.7 cm³/mol. The molecule has 118 valence electrons. The maximum absolute atomic E-state index is 9.51. The van der Waals surface area contributed by atoms with Crippen molar-refractivity contribution in [3.63, 3.8) is 0 Å². The lowest BCUT2D eigenvalue weighted by molar-refractivity contribution is -0.0192. The molecule has 0 spiro atoms. The zero-order valence-electron chi connectivity index (χ0n) is 13.4. The van der Waals surface area contributed by atoms with Crippen molar-refractivity contribution in [2.24, 2.45) is 11.8 Å². The second kappa shape index (κ2) is 7.09. The van der Waals surface area contributed by atoms with Gasteiger partial charge in [-0.25, -0.2) is 0 Å². The summed E-state index contributed by atoms with van der Waals surface area (Å²) >= 11 is 0. The van der Waals surface area contributed by atoms with Crippen LogP contribution in [0.15, 0.2) is 0 Å². The van der Waals surface area contributed by atoms with E-state index < -0.39 is 0 Å². The molecule has 0 aromatic rings. The Morgan fingerprint density at radius 3 is 2.62 bits per heavy atom. The highest BCUT2D eigenvalue weighted by molar-refractivity contribution is 4.99. The fourth-order valence-electron chi connectivity index (χ4n) is 4.61. The Morgan fingerprint density at radius 2 is 1.86 bits per heavy atom. The van der Waals surface area contributed by atoms with Crippen molar-refractivity contribution in [2.75, 3.05) is 33.2 Å². The molecule has 3 fully saturated rings. The first-order chi connectivity index (χ1) is 10.3. The average molecular weight is 290 g/mol. The second-order valence-corrected chi connectivity index (χ2v) is 7.24. The first-order valence-corrected chi connectivity index (χ1v) is 8.87. The third-order valence-corrected chi connectivity index (χ3v) is 5.81. The SMILES string of the molecule is CN1CCN(C2NCCCC2C#N)C(C2CCCCC2)C1. The number of hydrogen-bond acceptors (Lipinski definition) is 4. The van der Waals surface area contributed by atoms with Crippen molar-refractivity contribution < 1.29 is 0 Å². The van der Waals surface area contributed by atoms with Crippen LogP contribution in [0.1, 0.15) is 44.9 Å². The molecule has 0 bridgehead atoms. The summed E-state index contributed by atoms with van der Waals surface area (Å²) in [5.41, 5.74) is 0. The van der Waals surface area contributed by atoms with Crippen LogP contribution in [0, 0.1) is 23.2 Å². The monoisotopic (exact) mass is 290 g/mol. The molecule has 3 rings (SSSR count). The molecule has 0 amide bonds. The van der Waals surface area contributed by atoms with Gasteiger partial charge in [0.25, 0.3) is 0 Å². The van der Waals surface area contributed by atoms with Crippen LogP contribution >= 0.6 is 0 Å². The smallest absolute Gasteiger partial charge is 0.0763 e. The number of hydrogen-bond donors (Lipinski definition) is 1. The molecule has 2 aliphatic heterocycles. The zero-order valence-corrected chi connectivity index (χ0v) is 13.4. The lowest BCUT2D eigenvalue weighted by Gasteiger charge is -2.50. The largest absolute Gasteiger partial charge is 0.304 e. The third-order valence-electron chi connectivity index (χ3n) is 5.81. The molecule has 1 N–H and O–H groups in total. The number of nitrogens with one attached hydrogen (secondary N) is 1. The molecule has 3 unspecified atom stereocenters. The standard InChI is InChI=1S/C17H30N4/c1-20-10-11-21(17-15(12-18)8-5-9-19-17)16(13-20)14-6-3-2-4-7-14/h14-17,19H,2-11,13H2,1H3. The van der Waals surface area contributed by atoms with Gasteiger partial charge in [-0.3, -0.25) is 4.90 Å². The van der Waals surface area contributed by atoms with Gasteiger partial charge in [-0.05, 0) is 45.2 Å². The third kappa shape index (κ3) is 3.41. The van der Waals surface area contributed by atoms with Crippen molar-refractivity contribution in [2.45, 2.75) is 57.2 Å². The number of nitriles is 1. The molecule has 1 saturated carbocycles. The number of nitrogens with zero attached hydrogens (tertiary/aromatic N) is 3. The summed E-state index contributed by atoms with van der Waals surface area (Å²) in [4.78, 5) is 5.16. The van der Waals surface area contributed by atoms with Crippen LogP contribution in [0.4, 0.5) is 0 Å². The molecule has 0 aromatic carbocycles. The Morgan fingerprint density at radius 1 is 1.05 bits per heavy atom. The minimum absolute atomic E-state index is 0.174. The van der Waals surface area contributed by atoms with E-state index in [1.165, 1.54) is 38.6 Å². The summed E-state index contributed by atoms with van der Waals surface area (Å²) in [5.74, 6) is 1.01. The van der Waals surface area contributed by atoms with Gasteiger partial charge in [0.15, 0.2) is 0 Å². The van der Waals surface area contributed by atoms with Gasteiger partial charge in [-0.15, -0.1) is 0 Å². The Bertz CT molecular complexity index is 371. The number of piperidine rings is 1. The molecular formula is C17H30N4. The van der Waals surface area contributed by atoms with Crippen LogP contribution in [-0.2, 0) is 0 Å². The van der Waals surface area contributed by atoms with Gasteiger partial charge in [-0.1, -0.05) is 19.3 Å². The van der Waals surface area contributed by atoms with E-state index >= 15 is 0 Å². The quantitative estimate of drug-likeness (QED) is 0.845. The van der Waals surface area contributed by atoms with E-state index in [0.29, 0.717) is 12.2 Å². The van der Waals surface area contributed by atoms with Gasteiger partial charge in [-0.2, -0.15) is 5.26 Å². The fraction of sp³-hybridized carbons (Fsp3) is 0.941. The lowest BCUT2D eigenvalue weighted by atomic mass is 9.81. The van der Waals surface area contributed by atoms with Gasteiger partial charge in [0.05, 0.1) is 18.2 Å². The maximum atomic E-state index is 9.51. The summed E-state index contributed by atoms with van der Waals surface area (Å²) < 4.78 is 0. The molecular weight excluding hydrogens is 260 g/mol. The van der Waals surface area contributed by atoms with E-state index in [0.717, 1.165) is 38.4 Å². The maximum Gasteiger partial charge on any atom is 0.0763 e. The average Bonchev–Trinajstić information content (AvgIpc) is 2.55. The van der Waals surface area contributed by atoms with Crippen molar-refractivity contribution in [1.29, 1.82) is 5.26 Å². The van der Waals surface area contributed by atoms with Gasteiger partial charge >= 0.3 is 0 Å². The van der Waals surface area contributed by atoms with Gasteiger partial charge in [0.2, 0.25) is 0 Å². The summed E-state index contributed by atoms with van der Waals surface area (Å²) in [5, 5.41) is 13.2. The van der Waals surface area contributed by atoms with Crippen molar-refractivity contribution in [3.05, 3.63) is 0 Å². The summed E-state index contributed by atoms with van der Waals surface area (Å²) in [6.45, 7) is 4.51. The second-order valence-electron chi connectivity index (χ2n) is 7.24. The van der Waals surface area contributed by atoms with Crippen LogP contribution in [0.5, 0.6) is 0 Å². The Kier molecular flexibility index (Phi) is 5.15. The number of piperazine rings is 1. The highest BCUT2D eigenvalue weighted by Crippen LogP contribution is 2.33. The van der Waals surface area contributed by atoms with E-state index in [2.05, 4.69) is 28.2 Å². The van der Waals surface area contributed by atoms with Crippen LogP contribution in [0.2, 0.25) is 0 Å². The summed E-state index contributed by atoms with van der Waals surface area (Å²) in [6.07, 6.45) is 9.51. The fourth-order valence-corrected chi connectivity index (χ4v) is 4.61. The molecule has 3 aliphatic rings. The lowest BCUT2D eigenvalue weighted by Crippen LogP contribution is -2.64. The summed E-state index contributed by atoms with van der Waals surface area (Å²) in [6, 6.07) is 3.22. The van der Waals surface area contributed by atoms with Crippen molar-refractivity contribution >= 4 is 0 Å². The highest BCUT2D eigenvalue weighted by atomic mass is 15.4. The molecule has 21 heavy (non-hydrogen) atoms. The van der Waals surface area contributed by atoms with Gasteiger partial charge in [0.1, 0.15) is 0 Å². The molecule has 0 aromatic heterocycles. The summed E-state index contributed by atoms with van der Waals surface area (Å²) in [7, 11) is 2.25. The number of rotatable bonds is 2. The Balaban J connectivity index is 1.74. The van der Waals surface area contributed by atoms with Crippen molar-refractivity contribution in [1.82, 2.24) is 15.1 Å². The van der Waals surface area contributed by atoms with E-state index in [9.17, 15) is 5.26 Å². The van der Waals surface area contributed by atoms with Gasteiger partial charge in [0, 0.05) is 25.7 Å². The van der Waals surface area contributed by atoms with E-state index in [-0.39, 0.29) is 5.92 Å². The zero-order chi connectivity index (χ0) is 14.7. The molecule has 1 aliphatic carbocycles. The van der Waals surface area contributed by atoms with Crippen LogP contribution in [0.25, 0.3) is 0 Å². The van der Waals surface area contributed by atoms with Gasteiger partial charge < -0.3 is 10.2 Å². The molecule has 2 heterocycles. The van der Waals surface area contributed by atoms with E-state index in [1.54, 1.807) is 0 Å². The van der Waals surface area contributed by atoms with E-state index in [4.69, 9.17) is 0 Å². The number of likely N-dealkylation sites (N-methyl/N-ethyl adjacent to an activating group) is 1. The Hall–Kier alpha value is -0.630. The topological polar surface area (TPSA) is 42.3 Å². The van der Waals surface area contributed by atoms with Crippen LogP contribution in [-0.4, -0.2) is 55.2 Å². The highest BCUT2D eigenvalue weighted by Gasteiger charge is 2.39. The predicted octanol–water partition coefficient (Wildman–Crippen LogP) is 2.03. The minimum Gasteiger partial charge on any atom is -0.304 e. The molecule has 2 saturated heterocycles. The first-order valence-electron chi connectivity index (χ1n) is 8.87. The normalized spacial score (nSPS) is 37.2. The molecule has 4 nitrogen and oxygen atoms in total. The first kappa shape index (κ1) is 15.3. The Labute approximate surface area is 129 Å². The minimum atomic E-state index is 0.174. The van der Waals surface area contributed by atoms with Crippen LogP contribution in [0.3, 0.4) is 0 Å².